The number of hydrogen-bond acceptors (Lipinski definition) is 3. The molecule has 1 saturated heterocycles. The van der Waals surface area contributed by atoms with Gasteiger partial charge in [0.15, 0.2) is 0 Å². The van der Waals surface area contributed by atoms with Gasteiger partial charge in [0.25, 0.3) is 0 Å². The topological polar surface area (TPSA) is 40.5 Å². The van der Waals surface area contributed by atoms with Gasteiger partial charge in [-0.25, -0.2) is 0 Å². The second kappa shape index (κ2) is 4.55. The predicted molar refractivity (Wildman–Crippen MR) is 64.5 cm³/mol. The molecule has 0 aromatic carbocycles. The Hall–Kier alpha value is -0.870. The molecule has 1 aliphatic rings. The van der Waals surface area contributed by atoms with Gasteiger partial charge in [0.05, 0.1) is 25.1 Å². The minimum atomic E-state index is -0.611. The minimum absolute atomic E-state index is 0.128. The standard InChI is InChI=1S/C12H17NO2S/c1-2-5-12(15)8-13(9-12)11(14)7-10-4-3-6-16-10/h3-4,6,15H,2,5,7-9H2,1H3. The van der Waals surface area contributed by atoms with Crippen molar-refractivity contribution in [1.82, 2.24) is 4.90 Å². The van der Waals surface area contributed by atoms with Crippen LogP contribution < -0.4 is 0 Å². The van der Waals surface area contributed by atoms with Crippen molar-refractivity contribution < 1.29 is 9.90 Å². The van der Waals surface area contributed by atoms with Crippen LogP contribution in [0.1, 0.15) is 24.6 Å². The van der Waals surface area contributed by atoms with Crippen LogP contribution in [0.2, 0.25) is 0 Å². The van der Waals surface area contributed by atoms with Crippen LogP contribution in [-0.2, 0) is 11.2 Å². The first-order chi connectivity index (χ1) is 7.63. The predicted octanol–water partition coefficient (Wildman–Crippen LogP) is 1.66. The van der Waals surface area contributed by atoms with Crippen molar-refractivity contribution in [3.63, 3.8) is 0 Å². The highest BCUT2D eigenvalue weighted by molar-refractivity contribution is 7.10. The number of aliphatic hydroxyl groups is 1. The van der Waals surface area contributed by atoms with E-state index in [0.29, 0.717) is 19.5 Å². The van der Waals surface area contributed by atoms with Gasteiger partial charge in [0.1, 0.15) is 0 Å². The van der Waals surface area contributed by atoms with Crippen molar-refractivity contribution in [3.8, 4) is 0 Å². The second-order valence-corrected chi connectivity index (χ2v) is 5.51. The molecule has 1 aliphatic heterocycles. The first-order valence-electron chi connectivity index (χ1n) is 5.65. The summed E-state index contributed by atoms with van der Waals surface area (Å²) in [5, 5.41) is 11.9. The largest absolute Gasteiger partial charge is 0.386 e. The normalized spacial score (nSPS) is 18.2. The van der Waals surface area contributed by atoms with Gasteiger partial charge >= 0.3 is 0 Å². The first-order valence-corrected chi connectivity index (χ1v) is 6.53. The summed E-state index contributed by atoms with van der Waals surface area (Å²) in [6.07, 6.45) is 2.22. The van der Waals surface area contributed by atoms with Crippen LogP contribution in [0, 0.1) is 0 Å². The quantitative estimate of drug-likeness (QED) is 0.868. The fourth-order valence-corrected chi connectivity index (χ4v) is 2.83. The van der Waals surface area contributed by atoms with Gasteiger partial charge in [0, 0.05) is 4.88 Å². The van der Waals surface area contributed by atoms with E-state index in [9.17, 15) is 9.90 Å². The monoisotopic (exact) mass is 239 g/mol. The van der Waals surface area contributed by atoms with Gasteiger partial charge in [-0.05, 0) is 17.9 Å². The highest BCUT2D eigenvalue weighted by Gasteiger charge is 2.42. The van der Waals surface area contributed by atoms with Gasteiger partial charge in [-0.2, -0.15) is 0 Å². The van der Waals surface area contributed by atoms with E-state index in [-0.39, 0.29) is 5.91 Å². The molecule has 88 valence electrons. The molecule has 3 nitrogen and oxygen atoms in total. The second-order valence-electron chi connectivity index (χ2n) is 4.48. The molecule has 0 atom stereocenters. The van der Waals surface area contributed by atoms with Crippen molar-refractivity contribution in [2.45, 2.75) is 31.8 Å². The molecule has 1 N–H and O–H groups in total. The third-order valence-corrected chi connectivity index (χ3v) is 3.82. The number of rotatable bonds is 4. The Labute approximate surface area is 99.7 Å². The van der Waals surface area contributed by atoms with E-state index in [1.807, 2.05) is 24.4 Å². The molecule has 0 saturated carbocycles. The average molecular weight is 239 g/mol. The molecule has 1 fully saturated rings. The summed E-state index contributed by atoms with van der Waals surface area (Å²) in [5.74, 6) is 0.128. The summed E-state index contributed by atoms with van der Waals surface area (Å²) in [5.41, 5.74) is -0.611. The lowest BCUT2D eigenvalue weighted by atomic mass is 9.89. The van der Waals surface area contributed by atoms with E-state index in [2.05, 4.69) is 0 Å². The SMILES string of the molecule is CCCC1(O)CN(C(=O)Cc2cccs2)C1. The molecule has 4 heteroatoms. The maximum Gasteiger partial charge on any atom is 0.228 e. The number of thiophene rings is 1. The van der Waals surface area contributed by atoms with E-state index in [1.165, 1.54) is 0 Å². The molecule has 1 amide bonds. The molecule has 2 heterocycles. The van der Waals surface area contributed by atoms with Crippen molar-refractivity contribution >= 4 is 17.2 Å². The third kappa shape index (κ3) is 2.44. The number of hydrogen-bond donors (Lipinski definition) is 1. The van der Waals surface area contributed by atoms with Gasteiger partial charge in [0.2, 0.25) is 5.91 Å². The summed E-state index contributed by atoms with van der Waals surface area (Å²) < 4.78 is 0. The van der Waals surface area contributed by atoms with E-state index < -0.39 is 5.60 Å². The zero-order valence-electron chi connectivity index (χ0n) is 9.48. The minimum Gasteiger partial charge on any atom is -0.386 e. The number of carbonyl (C=O) groups excluding carboxylic acids is 1. The molecular formula is C12H17NO2S. The van der Waals surface area contributed by atoms with Crippen molar-refractivity contribution in [3.05, 3.63) is 22.4 Å². The number of likely N-dealkylation sites (tertiary alicyclic amines) is 1. The Kier molecular flexibility index (Phi) is 3.30. The molecule has 0 unspecified atom stereocenters. The summed E-state index contributed by atoms with van der Waals surface area (Å²) in [4.78, 5) is 14.6. The van der Waals surface area contributed by atoms with Gasteiger partial charge < -0.3 is 10.0 Å². The Morgan fingerprint density at radius 3 is 2.94 bits per heavy atom. The summed E-state index contributed by atoms with van der Waals surface area (Å²) >= 11 is 1.60. The smallest absolute Gasteiger partial charge is 0.228 e. The molecule has 0 bridgehead atoms. The Balaban J connectivity index is 1.81. The zero-order valence-corrected chi connectivity index (χ0v) is 10.3. The maximum atomic E-state index is 11.8. The fraction of sp³-hybridized carbons (Fsp3) is 0.583. The van der Waals surface area contributed by atoms with E-state index in [1.54, 1.807) is 16.2 Å². The Morgan fingerprint density at radius 2 is 2.38 bits per heavy atom. The van der Waals surface area contributed by atoms with E-state index in [0.717, 1.165) is 17.7 Å². The molecule has 1 aromatic rings. The highest BCUT2D eigenvalue weighted by atomic mass is 32.1. The lowest BCUT2D eigenvalue weighted by molar-refractivity contribution is -0.155. The number of β-amino-alcohol motifs (C(OH)–C–C–N with tert-alkyl or cyclic N) is 1. The van der Waals surface area contributed by atoms with Crippen LogP contribution in [-0.4, -0.2) is 34.6 Å². The van der Waals surface area contributed by atoms with Crippen molar-refractivity contribution in [1.29, 1.82) is 0 Å². The lowest BCUT2D eigenvalue weighted by Gasteiger charge is -2.46. The van der Waals surface area contributed by atoms with E-state index in [4.69, 9.17) is 0 Å². The highest BCUT2D eigenvalue weighted by Crippen LogP contribution is 2.26. The van der Waals surface area contributed by atoms with Gasteiger partial charge in [-0.1, -0.05) is 19.4 Å². The average Bonchev–Trinajstić information content (AvgIpc) is 2.66. The van der Waals surface area contributed by atoms with Crippen LogP contribution in [0.4, 0.5) is 0 Å². The molecular weight excluding hydrogens is 222 g/mol. The number of amides is 1. The molecule has 0 spiro atoms. The zero-order chi connectivity index (χ0) is 11.6. The van der Waals surface area contributed by atoms with Gasteiger partial charge in [-0.15, -0.1) is 11.3 Å². The van der Waals surface area contributed by atoms with Crippen LogP contribution in [0.5, 0.6) is 0 Å². The number of carbonyl (C=O) groups is 1. The molecule has 16 heavy (non-hydrogen) atoms. The Bertz CT molecular complexity index is 355. The maximum absolute atomic E-state index is 11.8. The van der Waals surface area contributed by atoms with Crippen LogP contribution in [0.25, 0.3) is 0 Å². The first kappa shape index (κ1) is 11.6. The van der Waals surface area contributed by atoms with Crippen LogP contribution in [0.15, 0.2) is 17.5 Å². The summed E-state index contributed by atoms with van der Waals surface area (Å²) in [7, 11) is 0. The van der Waals surface area contributed by atoms with Crippen LogP contribution >= 0.6 is 11.3 Å². The molecule has 1 aromatic heterocycles. The number of nitrogens with zero attached hydrogens (tertiary/aromatic N) is 1. The molecule has 0 aliphatic carbocycles. The Morgan fingerprint density at radius 1 is 1.62 bits per heavy atom. The molecule has 0 radical (unpaired) electrons. The van der Waals surface area contributed by atoms with Crippen molar-refractivity contribution in [2.24, 2.45) is 0 Å². The summed E-state index contributed by atoms with van der Waals surface area (Å²) in [6, 6.07) is 3.93. The lowest BCUT2D eigenvalue weighted by Crippen LogP contribution is -2.63. The summed E-state index contributed by atoms with van der Waals surface area (Å²) in [6.45, 7) is 3.06. The third-order valence-electron chi connectivity index (χ3n) is 2.94. The van der Waals surface area contributed by atoms with Crippen LogP contribution in [0.3, 0.4) is 0 Å². The molecule has 2 rings (SSSR count). The van der Waals surface area contributed by atoms with Gasteiger partial charge in [-0.3, -0.25) is 4.79 Å². The van der Waals surface area contributed by atoms with E-state index >= 15 is 0 Å². The van der Waals surface area contributed by atoms with Crippen molar-refractivity contribution in [2.75, 3.05) is 13.1 Å². The fourth-order valence-electron chi connectivity index (χ4n) is 2.14.